The van der Waals surface area contributed by atoms with Gasteiger partial charge >= 0.3 is 0 Å². The maximum absolute atomic E-state index is 14.2. The number of methoxy groups -OCH3 is 1. The fourth-order valence-electron chi connectivity index (χ4n) is 6.73. The molecule has 0 saturated carbocycles. The van der Waals surface area contributed by atoms with Gasteiger partial charge in [0, 0.05) is 25.5 Å². The minimum atomic E-state index is -2.02. The number of fused-ring (bicyclic) bond motifs is 6. The molecule has 2 aromatic rings. The second-order valence-corrected chi connectivity index (χ2v) is 17.3. The molecule has 3 fully saturated rings. The fraction of sp³-hybridized carbons (Fsp3) is 0.567. The van der Waals surface area contributed by atoms with Gasteiger partial charge in [-0.25, -0.2) is 4.90 Å². The molecule has 0 aliphatic carbocycles. The van der Waals surface area contributed by atoms with Gasteiger partial charge in [-0.05, 0) is 42.4 Å². The number of rotatable bonds is 7. The molecule has 3 aliphatic heterocycles. The lowest BCUT2D eigenvalue weighted by atomic mass is 9.64. The zero-order valence-corrected chi connectivity index (χ0v) is 24.5. The van der Waals surface area contributed by atoms with E-state index >= 15 is 0 Å². The molecular formula is C30H38N2O5Si. The van der Waals surface area contributed by atoms with E-state index in [0.29, 0.717) is 37.1 Å². The van der Waals surface area contributed by atoms with Crippen LogP contribution in [-0.4, -0.2) is 51.2 Å². The highest BCUT2D eigenvalue weighted by atomic mass is 28.4. The first-order valence-corrected chi connectivity index (χ1v) is 16.4. The molecule has 7 nitrogen and oxygen atoms in total. The molecule has 5 atom stereocenters. The highest BCUT2D eigenvalue weighted by Crippen LogP contribution is 2.64. The highest BCUT2D eigenvalue weighted by Gasteiger charge is 2.78. The fourth-order valence-corrected chi connectivity index (χ4v) is 7.77. The van der Waals surface area contributed by atoms with Gasteiger partial charge < -0.3 is 13.9 Å². The minimum absolute atomic E-state index is 0.0569. The number of nitrogens with zero attached hydrogens (tertiary/aromatic N) is 2. The summed E-state index contributed by atoms with van der Waals surface area (Å²) in [5, 5.41) is 11.8. The number of carbonyl (C=O) groups excluding carboxylic acids is 2. The van der Waals surface area contributed by atoms with Crippen molar-refractivity contribution < 1.29 is 23.5 Å². The third kappa shape index (κ3) is 3.63. The van der Waals surface area contributed by atoms with Crippen molar-refractivity contribution in [3.63, 3.8) is 0 Å². The molecule has 38 heavy (non-hydrogen) atoms. The molecule has 3 heterocycles. The summed E-state index contributed by atoms with van der Waals surface area (Å²) in [4.78, 5) is 29.6. The van der Waals surface area contributed by atoms with E-state index in [1.54, 1.807) is 13.2 Å². The first-order chi connectivity index (χ1) is 17.9. The summed E-state index contributed by atoms with van der Waals surface area (Å²) in [6, 6.07) is 13.4. The molecule has 0 spiro atoms. The lowest BCUT2D eigenvalue weighted by Gasteiger charge is -2.38. The number of benzene rings is 2. The zero-order chi connectivity index (χ0) is 27.7. The van der Waals surface area contributed by atoms with Gasteiger partial charge in [0.05, 0.1) is 34.8 Å². The molecular weight excluding hydrogens is 496 g/mol. The second-order valence-electron chi connectivity index (χ2n) is 12.5. The number of amides is 2. The monoisotopic (exact) mass is 534 g/mol. The van der Waals surface area contributed by atoms with Gasteiger partial charge in [0.25, 0.3) is 0 Å². The molecule has 8 heteroatoms. The summed E-state index contributed by atoms with van der Waals surface area (Å²) < 4.78 is 19.2. The summed E-state index contributed by atoms with van der Waals surface area (Å²) in [5.41, 5.74) is -1.05. The Balaban J connectivity index is 1.55. The third-order valence-electron chi connectivity index (χ3n) is 9.76. The van der Waals surface area contributed by atoms with E-state index in [4.69, 9.17) is 13.9 Å². The van der Waals surface area contributed by atoms with Crippen LogP contribution in [0, 0.1) is 23.2 Å². The Morgan fingerprint density at radius 3 is 2.45 bits per heavy atom. The predicted molar refractivity (Wildman–Crippen MR) is 148 cm³/mol. The molecule has 3 saturated heterocycles. The van der Waals surface area contributed by atoms with E-state index in [1.807, 2.05) is 37.3 Å². The zero-order valence-electron chi connectivity index (χ0n) is 23.5. The summed E-state index contributed by atoms with van der Waals surface area (Å²) in [6.07, 6.45) is 1.30. The number of hydrogen-bond acceptors (Lipinski definition) is 6. The van der Waals surface area contributed by atoms with E-state index in [0.717, 1.165) is 10.8 Å². The normalized spacial score (nSPS) is 30.8. The third-order valence-corrected chi connectivity index (χ3v) is 14.3. The van der Waals surface area contributed by atoms with Gasteiger partial charge in [-0.1, -0.05) is 58.0 Å². The minimum Gasteiger partial charge on any atom is -0.417 e. The standard InChI is InChI=1S/C30H38N2O5Si/c1-8-30-23(35-5)17-29(37-30,15-16-36-38(6,7)28(2,3)4)24-25(30)27(34)32(26(24)33)22-14-13-19-11-9-10-12-20(19)21(22)18-31/h9-14,23-25H,8,15-17H2,1-7H3. The van der Waals surface area contributed by atoms with Gasteiger partial charge in [0.2, 0.25) is 11.8 Å². The van der Waals surface area contributed by atoms with Crippen molar-refractivity contribution in [1.82, 2.24) is 0 Å². The maximum atomic E-state index is 14.2. The molecule has 202 valence electrons. The van der Waals surface area contributed by atoms with Crippen LogP contribution in [0.4, 0.5) is 5.69 Å². The number of carbonyl (C=O) groups is 2. The largest absolute Gasteiger partial charge is 0.417 e. The van der Waals surface area contributed by atoms with Gasteiger partial charge in [-0.2, -0.15) is 5.26 Å². The van der Waals surface area contributed by atoms with Crippen LogP contribution in [0.25, 0.3) is 10.8 Å². The topological polar surface area (TPSA) is 88.9 Å². The molecule has 0 aromatic heterocycles. The van der Waals surface area contributed by atoms with Gasteiger partial charge in [0.1, 0.15) is 11.7 Å². The van der Waals surface area contributed by atoms with Crippen molar-refractivity contribution in [1.29, 1.82) is 5.26 Å². The average molecular weight is 535 g/mol. The smallest absolute Gasteiger partial charge is 0.240 e. The maximum Gasteiger partial charge on any atom is 0.240 e. The van der Waals surface area contributed by atoms with Crippen LogP contribution in [0.1, 0.15) is 52.5 Å². The quantitative estimate of drug-likeness (QED) is 0.341. The Labute approximate surface area is 226 Å². The Hall–Kier alpha value is -2.57. The Morgan fingerprint density at radius 1 is 1.13 bits per heavy atom. The van der Waals surface area contributed by atoms with Crippen LogP contribution in [0.5, 0.6) is 0 Å². The molecule has 2 amide bonds. The molecule has 5 rings (SSSR count). The molecule has 0 radical (unpaired) electrons. The van der Waals surface area contributed by atoms with E-state index in [1.165, 1.54) is 4.90 Å². The molecule has 3 aliphatic rings. The lowest BCUT2D eigenvalue weighted by Crippen LogP contribution is -2.52. The number of hydrogen-bond donors (Lipinski definition) is 0. The lowest BCUT2D eigenvalue weighted by molar-refractivity contribution is -0.138. The van der Waals surface area contributed by atoms with Crippen molar-refractivity contribution in [2.24, 2.45) is 11.8 Å². The summed E-state index contributed by atoms with van der Waals surface area (Å²) in [5.74, 6) is -1.89. The Bertz CT molecular complexity index is 1340. The van der Waals surface area contributed by atoms with Crippen LogP contribution >= 0.6 is 0 Å². The number of imide groups is 1. The highest BCUT2D eigenvalue weighted by molar-refractivity contribution is 6.74. The van der Waals surface area contributed by atoms with Crippen molar-refractivity contribution in [3.8, 4) is 6.07 Å². The molecule has 5 unspecified atom stereocenters. The average Bonchev–Trinajstić information content (AvgIpc) is 3.46. The van der Waals surface area contributed by atoms with E-state index in [-0.39, 0.29) is 23.0 Å². The van der Waals surface area contributed by atoms with E-state index in [2.05, 4.69) is 39.9 Å². The summed E-state index contributed by atoms with van der Waals surface area (Å²) in [6.45, 7) is 13.5. The van der Waals surface area contributed by atoms with Crippen LogP contribution in [0.3, 0.4) is 0 Å². The Kier molecular flexibility index (Phi) is 6.39. The van der Waals surface area contributed by atoms with Crippen molar-refractivity contribution in [2.75, 3.05) is 18.6 Å². The van der Waals surface area contributed by atoms with Crippen molar-refractivity contribution in [3.05, 3.63) is 42.0 Å². The SMILES string of the molecule is CCC12OC(CCO[Si](C)(C)C(C)(C)C)(CC1OC)C1C(=O)N(c3ccc4ccccc4c3C#N)C(=O)C12. The van der Waals surface area contributed by atoms with Crippen LogP contribution in [-0.2, 0) is 23.5 Å². The van der Waals surface area contributed by atoms with E-state index < -0.39 is 31.4 Å². The number of anilines is 1. The number of ether oxygens (including phenoxy) is 2. The van der Waals surface area contributed by atoms with Crippen LogP contribution in [0.2, 0.25) is 18.1 Å². The molecule has 0 N–H and O–H groups in total. The number of nitriles is 1. The molecule has 2 bridgehead atoms. The van der Waals surface area contributed by atoms with Crippen molar-refractivity contribution in [2.45, 2.75) is 82.4 Å². The van der Waals surface area contributed by atoms with Crippen LogP contribution < -0.4 is 4.90 Å². The van der Waals surface area contributed by atoms with Gasteiger partial charge in [-0.15, -0.1) is 0 Å². The van der Waals surface area contributed by atoms with Gasteiger partial charge in [-0.3, -0.25) is 9.59 Å². The van der Waals surface area contributed by atoms with Crippen LogP contribution in [0.15, 0.2) is 36.4 Å². The second kappa shape index (κ2) is 8.99. The Morgan fingerprint density at radius 2 is 1.82 bits per heavy atom. The summed E-state index contributed by atoms with van der Waals surface area (Å²) >= 11 is 0. The molecule has 2 aromatic carbocycles. The van der Waals surface area contributed by atoms with E-state index in [9.17, 15) is 14.9 Å². The van der Waals surface area contributed by atoms with Crippen molar-refractivity contribution >= 4 is 36.6 Å². The predicted octanol–water partition coefficient (Wildman–Crippen LogP) is 5.57. The van der Waals surface area contributed by atoms with Gasteiger partial charge in [0.15, 0.2) is 8.32 Å². The first-order valence-electron chi connectivity index (χ1n) is 13.5. The summed E-state index contributed by atoms with van der Waals surface area (Å²) in [7, 11) is -0.365. The first kappa shape index (κ1) is 27.0.